The molecule has 0 amide bonds. The van der Waals surface area contributed by atoms with Crippen molar-refractivity contribution in [3.05, 3.63) is 66.2 Å². The largest absolute Gasteiger partial charge is 0.497 e. The van der Waals surface area contributed by atoms with Crippen LogP contribution in [-0.2, 0) is 4.74 Å². The molecule has 6 nitrogen and oxygen atoms in total. The lowest BCUT2D eigenvalue weighted by molar-refractivity contribution is 0.0603. The van der Waals surface area contributed by atoms with Gasteiger partial charge in [-0.1, -0.05) is 35.5 Å². The van der Waals surface area contributed by atoms with Crippen LogP contribution < -0.4 is 4.74 Å². The van der Waals surface area contributed by atoms with Crippen molar-refractivity contribution in [2.45, 2.75) is 0 Å². The number of hydrogen-bond donors (Lipinski definition) is 0. The third-order valence-electron chi connectivity index (χ3n) is 4.28. The number of ether oxygens (including phenoxy) is 2. The second-order valence-electron chi connectivity index (χ2n) is 5.85. The van der Waals surface area contributed by atoms with Crippen molar-refractivity contribution in [1.29, 1.82) is 0 Å². The minimum Gasteiger partial charge on any atom is -0.497 e. The van der Waals surface area contributed by atoms with E-state index >= 15 is 0 Å². The van der Waals surface area contributed by atoms with E-state index in [9.17, 15) is 4.79 Å². The molecule has 0 saturated heterocycles. The SMILES string of the molecule is COC(=O)c1cc(-c2ccc(OC)cc2)nc2onc(-c3ccccc3)c12. The Hall–Kier alpha value is -3.67. The van der Waals surface area contributed by atoms with Gasteiger partial charge in [0.1, 0.15) is 11.4 Å². The van der Waals surface area contributed by atoms with Crippen molar-refractivity contribution in [3.8, 4) is 28.3 Å². The number of methoxy groups -OCH3 is 2. The number of carbonyl (C=O) groups is 1. The summed E-state index contributed by atoms with van der Waals surface area (Å²) in [7, 11) is 2.95. The summed E-state index contributed by atoms with van der Waals surface area (Å²) in [4.78, 5) is 17.0. The van der Waals surface area contributed by atoms with Gasteiger partial charge in [0.25, 0.3) is 5.71 Å². The second kappa shape index (κ2) is 6.92. The number of nitrogens with zero attached hydrogens (tertiary/aromatic N) is 2. The molecular formula is C21H16N2O4. The van der Waals surface area contributed by atoms with E-state index < -0.39 is 5.97 Å². The first kappa shape index (κ1) is 16.8. The van der Waals surface area contributed by atoms with Crippen LogP contribution in [0.5, 0.6) is 5.75 Å². The molecular weight excluding hydrogens is 344 g/mol. The summed E-state index contributed by atoms with van der Waals surface area (Å²) in [6.07, 6.45) is 0. The summed E-state index contributed by atoms with van der Waals surface area (Å²) in [5.41, 5.74) is 3.43. The molecule has 0 spiro atoms. The lowest BCUT2D eigenvalue weighted by Crippen LogP contribution is -2.03. The Morgan fingerprint density at radius 2 is 1.70 bits per heavy atom. The number of esters is 1. The fourth-order valence-corrected chi connectivity index (χ4v) is 2.92. The molecule has 0 fully saturated rings. The molecule has 0 radical (unpaired) electrons. The van der Waals surface area contributed by atoms with Crippen molar-refractivity contribution >= 4 is 17.1 Å². The summed E-state index contributed by atoms with van der Waals surface area (Å²) in [6.45, 7) is 0. The topological polar surface area (TPSA) is 74.5 Å². The molecule has 0 N–H and O–H groups in total. The van der Waals surface area contributed by atoms with Crippen LogP contribution in [0.1, 0.15) is 10.4 Å². The van der Waals surface area contributed by atoms with Gasteiger partial charge in [-0.2, -0.15) is 0 Å². The first-order valence-electron chi connectivity index (χ1n) is 8.30. The first-order valence-corrected chi connectivity index (χ1v) is 8.30. The number of hydrogen-bond acceptors (Lipinski definition) is 6. The third-order valence-corrected chi connectivity index (χ3v) is 4.28. The van der Waals surface area contributed by atoms with E-state index in [2.05, 4.69) is 10.1 Å². The Kier molecular flexibility index (Phi) is 4.30. The summed E-state index contributed by atoms with van der Waals surface area (Å²) < 4.78 is 15.6. The van der Waals surface area contributed by atoms with Crippen molar-refractivity contribution < 1.29 is 18.8 Å². The number of rotatable bonds is 4. The molecule has 0 aliphatic rings. The summed E-state index contributed by atoms with van der Waals surface area (Å²) in [5.74, 6) is 0.261. The molecule has 2 aromatic heterocycles. The summed E-state index contributed by atoms with van der Waals surface area (Å²) in [6, 6.07) is 18.6. The van der Waals surface area contributed by atoms with Crippen LogP contribution in [0, 0.1) is 0 Å². The van der Waals surface area contributed by atoms with Gasteiger partial charge in [0.05, 0.1) is 30.9 Å². The van der Waals surface area contributed by atoms with Crippen LogP contribution >= 0.6 is 0 Å². The summed E-state index contributed by atoms with van der Waals surface area (Å²) >= 11 is 0. The van der Waals surface area contributed by atoms with Crippen LogP contribution in [0.25, 0.3) is 33.6 Å². The van der Waals surface area contributed by atoms with Gasteiger partial charge < -0.3 is 14.0 Å². The van der Waals surface area contributed by atoms with Crippen molar-refractivity contribution in [3.63, 3.8) is 0 Å². The number of aromatic nitrogens is 2. The van der Waals surface area contributed by atoms with Crippen LogP contribution in [0.4, 0.5) is 0 Å². The fraction of sp³-hybridized carbons (Fsp3) is 0.0952. The van der Waals surface area contributed by atoms with Gasteiger partial charge in [-0.3, -0.25) is 0 Å². The van der Waals surface area contributed by atoms with Gasteiger partial charge in [0, 0.05) is 11.1 Å². The molecule has 6 heteroatoms. The van der Waals surface area contributed by atoms with Gasteiger partial charge in [0.15, 0.2) is 0 Å². The highest BCUT2D eigenvalue weighted by atomic mass is 16.5. The average molecular weight is 360 g/mol. The number of carbonyl (C=O) groups excluding carboxylic acids is 1. The van der Waals surface area contributed by atoms with E-state index in [0.717, 1.165) is 16.9 Å². The molecule has 0 atom stereocenters. The quantitative estimate of drug-likeness (QED) is 0.504. The maximum atomic E-state index is 12.5. The lowest BCUT2D eigenvalue weighted by atomic mass is 10.0. The van der Waals surface area contributed by atoms with Crippen molar-refractivity contribution in [2.24, 2.45) is 0 Å². The monoisotopic (exact) mass is 360 g/mol. The zero-order valence-corrected chi connectivity index (χ0v) is 14.8. The molecule has 4 rings (SSSR count). The predicted octanol–water partition coefficient (Wildman–Crippen LogP) is 4.35. The van der Waals surface area contributed by atoms with Crippen LogP contribution in [0.15, 0.2) is 65.2 Å². The fourth-order valence-electron chi connectivity index (χ4n) is 2.92. The zero-order valence-electron chi connectivity index (χ0n) is 14.8. The van der Waals surface area contributed by atoms with Gasteiger partial charge >= 0.3 is 5.97 Å². The van der Waals surface area contributed by atoms with E-state index in [0.29, 0.717) is 22.3 Å². The highest BCUT2D eigenvalue weighted by Crippen LogP contribution is 2.33. The molecule has 0 bridgehead atoms. The van der Waals surface area contributed by atoms with E-state index in [1.165, 1.54) is 7.11 Å². The maximum absolute atomic E-state index is 12.5. The first-order chi connectivity index (χ1) is 13.2. The van der Waals surface area contributed by atoms with Crippen LogP contribution in [0.2, 0.25) is 0 Å². The van der Waals surface area contributed by atoms with Crippen molar-refractivity contribution in [1.82, 2.24) is 10.1 Å². The van der Waals surface area contributed by atoms with Crippen LogP contribution in [-0.4, -0.2) is 30.3 Å². The minimum atomic E-state index is -0.474. The van der Waals surface area contributed by atoms with E-state index in [4.69, 9.17) is 14.0 Å². The van der Waals surface area contributed by atoms with E-state index in [1.807, 2.05) is 54.6 Å². The number of fused-ring (bicyclic) bond motifs is 1. The second-order valence-corrected chi connectivity index (χ2v) is 5.85. The van der Waals surface area contributed by atoms with Crippen LogP contribution in [0.3, 0.4) is 0 Å². The average Bonchev–Trinajstić information content (AvgIpc) is 3.17. The van der Waals surface area contributed by atoms with Crippen molar-refractivity contribution in [2.75, 3.05) is 14.2 Å². The standard InChI is InChI=1S/C21H16N2O4/c1-25-15-10-8-13(9-11-15)17-12-16(21(24)26-2)18-19(23-27-20(18)22-17)14-6-4-3-5-7-14/h3-12H,1-2H3. The molecule has 134 valence electrons. The smallest absolute Gasteiger partial charge is 0.338 e. The Bertz CT molecular complexity index is 1100. The Labute approximate surface area is 155 Å². The Balaban J connectivity index is 1.93. The van der Waals surface area contributed by atoms with Gasteiger partial charge in [-0.25, -0.2) is 9.78 Å². The molecule has 0 aliphatic heterocycles. The van der Waals surface area contributed by atoms with Gasteiger partial charge in [-0.15, -0.1) is 0 Å². The maximum Gasteiger partial charge on any atom is 0.338 e. The minimum absolute atomic E-state index is 0.280. The molecule has 0 unspecified atom stereocenters. The Morgan fingerprint density at radius 3 is 2.37 bits per heavy atom. The lowest BCUT2D eigenvalue weighted by Gasteiger charge is -2.07. The third kappa shape index (κ3) is 3.01. The molecule has 27 heavy (non-hydrogen) atoms. The molecule has 0 aliphatic carbocycles. The summed E-state index contributed by atoms with van der Waals surface area (Å²) in [5, 5.41) is 4.67. The molecule has 2 heterocycles. The zero-order chi connectivity index (χ0) is 18.8. The molecule has 2 aromatic carbocycles. The van der Waals surface area contributed by atoms with Gasteiger partial charge in [-0.05, 0) is 30.3 Å². The normalized spacial score (nSPS) is 10.7. The number of pyridine rings is 1. The van der Waals surface area contributed by atoms with Gasteiger partial charge in [0.2, 0.25) is 0 Å². The Morgan fingerprint density at radius 1 is 0.963 bits per heavy atom. The van der Waals surface area contributed by atoms with E-state index in [-0.39, 0.29) is 5.71 Å². The predicted molar refractivity (Wildman–Crippen MR) is 101 cm³/mol. The molecule has 4 aromatic rings. The highest BCUT2D eigenvalue weighted by molar-refractivity contribution is 6.08. The molecule has 0 saturated carbocycles. The number of benzene rings is 2. The van der Waals surface area contributed by atoms with E-state index in [1.54, 1.807) is 13.2 Å². The highest BCUT2D eigenvalue weighted by Gasteiger charge is 2.22.